The van der Waals surface area contributed by atoms with E-state index in [1.54, 1.807) is 69.0 Å². The molecule has 7 nitrogen and oxygen atoms in total. The molecule has 0 N–H and O–H groups in total. The first-order valence-corrected chi connectivity index (χ1v) is 23.9. The highest BCUT2D eigenvalue weighted by molar-refractivity contribution is 7.26. The van der Waals surface area contributed by atoms with Crippen LogP contribution in [-0.4, -0.2) is 33.2 Å². The zero-order chi connectivity index (χ0) is 55.9. The topological polar surface area (TPSA) is 58.4 Å². The first-order chi connectivity index (χ1) is 39.8. The molecule has 0 aliphatic heterocycles. The smallest absolute Gasteiger partial charge is 0.240 e. The first-order valence-electron chi connectivity index (χ1n) is 28.6. The second-order valence-corrected chi connectivity index (χ2v) is 18.6. The van der Waals surface area contributed by atoms with E-state index in [4.69, 9.17) is 20.4 Å². The minimum atomic E-state index is -0.493. The third kappa shape index (κ3) is 5.34. The zero-order valence-corrected chi connectivity index (χ0v) is 37.9. The number of aromatic nitrogens is 7. The van der Waals surface area contributed by atoms with E-state index in [0.717, 1.165) is 47.2 Å². The Hall–Kier alpha value is -9.37. The van der Waals surface area contributed by atoms with E-state index in [1.807, 2.05) is 94.1 Å². The van der Waals surface area contributed by atoms with Crippen molar-refractivity contribution in [1.29, 1.82) is 0 Å². The Kier molecular flexibility index (Phi) is 6.06. The van der Waals surface area contributed by atoms with E-state index < -0.39 is 24.2 Å². The largest absolute Gasteiger partial charge is 0.308 e. The molecule has 0 bridgehead atoms. The van der Waals surface area contributed by atoms with E-state index in [2.05, 4.69) is 24.3 Å². The summed E-state index contributed by atoms with van der Waals surface area (Å²) in [5.41, 5.74) is 4.17. The molecule has 0 saturated carbocycles. The Morgan fingerprint density at radius 1 is 0.324 bits per heavy atom. The van der Waals surface area contributed by atoms with Gasteiger partial charge in [-0.25, -0.2) is 0 Å². The summed E-state index contributed by atoms with van der Waals surface area (Å²) in [5, 5.41) is 6.69. The van der Waals surface area contributed by atoms with Crippen LogP contribution >= 0.6 is 11.3 Å². The fraction of sp³-hybridized carbons (Fsp3) is 0. The normalized spacial score (nSPS) is 14.4. The van der Waals surface area contributed by atoms with Crippen molar-refractivity contribution < 1.29 is 15.1 Å². The maximum atomic E-state index is 10.5. The summed E-state index contributed by atoms with van der Waals surface area (Å²) in [6.45, 7) is 0. The van der Waals surface area contributed by atoms with Gasteiger partial charge in [0.2, 0.25) is 11.9 Å². The highest BCUT2D eigenvalue weighted by atomic mass is 32.1. The monoisotopic (exact) mass is 934 g/mol. The molecule has 10 aromatic carbocycles. The Balaban J connectivity index is 1.18. The molecule has 6 aromatic heterocycles. The van der Waals surface area contributed by atoms with Crippen LogP contribution in [0.4, 0.5) is 0 Å². The van der Waals surface area contributed by atoms with Gasteiger partial charge in [-0.1, -0.05) is 158 Å². The number of hydrogen-bond donors (Lipinski definition) is 0. The fourth-order valence-electron chi connectivity index (χ4n) is 11.0. The van der Waals surface area contributed by atoms with Crippen LogP contribution in [0.2, 0.25) is 0 Å². The second kappa shape index (κ2) is 14.6. The Bertz CT molecular complexity index is 5370. The lowest BCUT2D eigenvalue weighted by atomic mass is 10.1. The van der Waals surface area contributed by atoms with Crippen LogP contribution < -0.4 is 0 Å². The summed E-state index contributed by atoms with van der Waals surface area (Å²) in [7, 11) is 0. The molecular formula is C63H37N7S. The second-order valence-electron chi connectivity index (χ2n) is 17.5. The average molecular weight is 935 g/mol. The van der Waals surface area contributed by atoms with Crippen molar-refractivity contribution in [2.24, 2.45) is 0 Å². The SMILES string of the molecule is [2H]c1c([2H])c(-n2c3ccccc3c3ccccc32)c(-c2nc(-n3c4ccccc4c4c([2H])c([2H])c([2H])c([2H])c43)nc(-n3c4ccccc4c4c([2H])c([2H])c([2H])c([2H])c43)n2)c(-n2c3ccccc3c3ccc4sc5ccccc5c4c32)c1[2H]. The molecule has 0 aliphatic rings. The van der Waals surface area contributed by atoms with Crippen LogP contribution in [0.3, 0.4) is 0 Å². The summed E-state index contributed by atoms with van der Waals surface area (Å²) in [6, 6.07) is 45.8. The minimum Gasteiger partial charge on any atom is -0.308 e. The molecule has 0 atom stereocenters. The molecule has 16 aromatic rings. The maximum absolute atomic E-state index is 10.5. The molecule has 0 unspecified atom stereocenters. The predicted octanol–water partition coefficient (Wildman–Crippen LogP) is 16.3. The average Bonchev–Trinajstić information content (AvgIpc) is 2.52. The molecule has 8 heteroatoms. The number of hydrogen-bond acceptors (Lipinski definition) is 4. The third-order valence-corrected chi connectivity index (χ3v) is 15.0. The number of nitrogens with zero attached hydrogens (tertiary/aromatic N) is 7. The van der Waals surface area contributed by atoms with Crippen LogP contribution in [0.15, 0.2) is 224 Å². The van der Waals surface area contributed by atoms with Crippen molar-refractivity contribution in [1.82, 2.24) is 33.2 Å². The van der Waals surface area contributed by atoms with Crippen LogP contribution in [-0.2, 0) is 0 Å². The zero-order valence-electron chi connectivity index (χ0n) is 48.0. The molecule has 0 amide bonds. The van der Waals surface area contributed by atoms with E-state index in [9.17, 15) is 9.60 Å². The molecule has 0 radical (unpaired) electrons. The van der Waals surface area contributed by atoms with Gasteiger partial charge in [-0.05, 0) is 66.6 Å². The fourth-order valence-corrected chi connectivity index (χ4v) is 12.1. The van der Waals surface area contributed by atoms with Crippen molar-refractivity contribution in [3.8, 4) is 34.7 Å². The van der Waals surface area contributed by atoms with Crippen molar-refractivity contribution in [2.75, 3.05) is 0 Å². The molecule has 0 aliphatic carbocycles. The van der Waals surface area contributed by atoms with Gasteiger partial charge >= 0.3 is 0 Å². The van der Waals surface area contributed by atoms with Crippen LogP contribution in [0.1, 0.15) is 15.1 Å². The number of rotatable bonds is 5. The summed E-state index contributed by atoms with van der Waals surface area (Å²) in [5.74, 6) is -0.423. The highest BCUT2D eigenvalue weighted by Gasteiger charge is 2.28. The van der Waals surface area contributed by atoms with Gasteiger partial charge in [-0.15, -0.1) is 11.3 Å². The minimum absolute atomic E-state index is 0.0558. The highest BCUT2D eigenvalue weighted by Crippen LogP contribution is 2.46. The van der Waals surface area contributed by atoms with Gasteiger partial charge in [-0.3, -0.25) is 9.13 Å². The first kappa shape index (κ1) is 29.5. The number of fused-ring (bicyclic) bond motifs is 16. The Morgan fingerprint density at radius 2 is 0.761 bits per heavy atom. The lowest BCUT2D eigenvalue weighted by Crippen LogP contribution is -2.12. The molecule has 6 heterocycles. The van der Waals surface area contributed by atoms with E-state index in [1.165, 1.54) is 0 Å². The van der Waals surface area contributed by atoms with Crippen LogP contribution in [0.5, 0.6) is 0 Å². The Labute approximate surface area is 424 Å². The van der Waals surface area contributed by atoms with Crippen molar-refractivity contribution >= 4 is 119 Å². The molecule has 0 saturated heterocycles. The number of benzene rings is 10. The van der Waals surface area contributed by atoms with E-state index in [-0.39, 0.29) is 98.8 Å². The van der Waals surface area contributed by atoms with Gasteiger partial charge in [0, 0.05) is 63.3 Å². The third-order valence-electron chi connectivity index (χ3n) is 13.9. The van der Waals surface area contributed by atoms with Crippen LogP contribution in [0.25, 0.3) is 142 Å². The van der Waals surface area contributed by atoms with E-state index in [0.29, 0.717) is 38.4 Å². The van der Waals surface area contributed by atoms with Crippen molar-refractivity contribution in [2.45, 2.75) is 0 Å². The van der Waals surface area contributed by atoms with Gasteiger partial charge < -0.3 is 9.13 Å². The summed E-state index contributed by atoms with van der Waals surface area (Å²) >= 11 is 1.64. The molecule has 0 fully saturated rings. The maximum Gasteiger partial charge on any atom is 0.240 e. The molecule has 71 heavy (non-hydrogen) atoms. The van der Waals surface area contributed by atoms with Crippen molar-refractivity contribution in [3.05, 3.63) is 224 Å². The number of para-hydroxylation sites is 7. The van der Waals surface area contributed by atoms with Gasteiger partial charge in [0.15, 0.2) is 5.82 Å². The molecular weight excluding hydrogens is 887 g/mol. The van der Waals surface area contributed by atoms with E-state index >= 15 is 0 Å². The molecule has 0 spiro atoms. The summed E-state index contributed by atoms with van der Waals surface area (Å²) < 4.78 is 113. The molecule has 330 valence electrons. The lowest BCUT2D eigenvalue weighted by molar-refractivity contribution is 0.891. The van der Waals surface area contributed by atoms with Gasteiger partial charge in [0.1, 0.15) is 0 Å². The summed E-state index contributed by atoms with van der Waals surface area (Å²) in [6.07, 6.45) is 0. The quantitative estimate of drug-likeness (QED) is 0.173. The van der Waals surface area contributed by atoms with Crippen molar-refractivity contribution in [3.63, 3.8) is 0 Å². The summed E-state index contributed by atoms with van der Waals surface area (Å²) in [4.78, 5) is 16.2. The van der Waals surface area contributed by atoms with Gasteiger partial charge in [0.25, 0.3) is 0 Å². The Morgan fingerprint density at radius 3 is 1.32 bits per heavy atom. The standard InChI is InChI=1S/C63H37N7S/c1-9-26-47-38(18-1)39-19-2-10-27-48(39)67(47)54-33-17-34-55(68-49-28-11-7-24-44(49)45-36-37-57-58(60(45)68)46-25-8-16-35-56(46)71-57)59(54)61-64-62(69-50-29-12-3-20-40(50)41-21-4-13-30-51(41)69)66-63(65-61)70-52-31-14-5-22-42(52)43-23-6-15-32-53(43)70/h1-37H/i3D,5D,12D,14D,17D,20D,22D,29D,31D,33D,34D. The number of thiophene rings is 1. The van der Waals surface area contributed by atoms with Gasteiger partial charge in [0.05, 0.1) is 76.2 Å². The molecule has 16 rings (SSSR count). The van der Waals surface area contributed by atoms with Gasteiger partial charge in [-0.2, -0.15) is 15.0 Å². The lowest BCUT2D eigenvalue weighted by Gasteiger charge is -2.20. The predicted molar refractivity (Wildman–Crippen MR) is 296 cm³/mol. The van der Waals surface area contributed by atoms with Crippen LogP contribution in [0, 0.1) is 0 Å².